The van der Waals surface area contributed by atoms with Crippen molar-refractivity contribution < 1.29 is 18.3 Å². The molecule has 3 heterocycles. The van der Waals surface area contributed by atoms with Gasteiger partial charge in [-0.25, -0.2) is 9.37 Å². The molecule has 1 amide bonds. The number of ether oxygens (including phenoxy) is 1. The maximum atomic E-state index is 14.3. The predicted molar refractivity (Wildman–Crippen MR) is 126 cm³/mol. The van der Waals surface area contributed by atoms with Gasteiger partial charge in [0.15, 0.2) is 5.13 Å². The van der Waals surface area contributed by atoms with E-state index in [2.05, 4.69) is 9.88 Å². The Bertz CT molecular complexity index is 1360. The van der Waals surface area contributed by atoms with E-state index in [1.165, 1.54) is 28.6 Å². The number of nitrogens with zero attached hydrogens (tertiary/aromatic N) is 3. The Hall–Kier alpha value is -3.14. The third-order valence-electron chi connectivity index (χ3n) is 5.70. The van der Waals surface area contributed by atoms with E-state index >= 15 is 0 Å². The van der Waals surface area contributed by atoms with Crippen molar-refractivity contribution in [3.05, 3.63) is 70.3 Å². The monoisotopic (exact) mass is 467 g/mol. The van der Waals surface area contributed by atoms with Crippen molar-refractivity contribution in [2.45, 2.75) is 6.42 Å². The fraction of sp³-hybridized carbons (Fsp3) is 0.292. The van der Waals surface area contributed by atoms with Crippen LogP contribution in [0.2, 0.25) is 0 Å². The van der Waals surface area contributed by atoms with Gasteiger partial charge >= 0.3 is 0 Å². The van der Waals surface area contributed by atoms with Crippen molar-refractivity contribution in [1.29, 1.82) is 0 Å². The third-order valence-corrected chi connectivity index (χ3v) is 6.75. The second-order valence-electron chi connectivity index (χ2n) is 7.82. The van der Waals surface area contributed by atoms with Gasteiger partial charge in [0.2, 0.25) is 5.43 Å². The van der Waals surface area contributed by atoms with E-state index in [0.29, 0.717) is 47.0 Å². The van der Waals surface area contributed by atoms with Crippen LogP contribution in [0.4, 0.5) is 9.52 Å². The van der Waals surface area contributed by atoms with Crippen molar-refractivity contribution in [3.8, 4) is 0 Å². The highest BCUT2D eigenvalue weighted by atomic mass is 32.1. The molecule has 9 heteroatoms. The normalized spacial score (nSPS) is 14.7. The maximum Gasteiger partial charge on any atom is 0.267 e. The highest BCUT2D eigenvalue weighted by Crippen LogP contribution is 2.31. The number of para-hydroxylation sites is 2. The molecule has 0 bridgehead atoms. The Morgan fingerprint density at radius 2 is 1.97 bits per heavy atom. The molecule has 7 nitrogen and oxygen atoms in total. The highest BCUT2D eigenvalue weighted by molar-refractivity contribution is 7.22. The first-order valence-electron chi connectivity index (χ1n) is 10.8. The summed E-state index contributed by atoms with van der Waals surface area (Å²) < 4.78 is 25.9. The zero-order valence-electron chi connectivity index (χ0n) is 17.8. The average molecular weight is 468 g/mol. The molecule has 5 rings (SSSR count). The molecule has 1 aliphatic rings. The number of aromatic nitrogens is 1. The topological polar surface area (TPSA) is 75.9 Å². The van der Waals surface area contributed by atoms with E-state index in [1.54, 1.807) is 36.4 Å². The van der Waals surface area contributed by atoms with Gasteiger partial charge in [0, 0.05) is 26.2 Å². The number of benzene rings is 2. The van der Waals surface area contributed by atoms with Crippen molar-refractivity contribution in [1.82, 2.24) is 9.88 Å². The van der Waals surface area contributed by atoms with Gasteiger partial charge in [-0.3, -0.25) is 19.4 Å². The molecular weight excluding hydrogens is 445 g/mol. The van der Waals surface area contributed by atoms with E-state index in [0.717, 1.165) is 19.6 Å². The van der Waals surface area contributed by atoms with Gasteiger partial charge in [-0.2, -0.15) is 0 Å². The van der Waals surface area contributed by atoms with Crippen molar-refractivity contribution in [2.75, 3.05) is 44.3 Å². The van der Waals surface area contributed by atoms with Crippen LogP contribution in [0, 0.1) is 5.82 Å². The van der Waals surface area contributed by atoms with Crippen LogP contribution < -0.4 is 10.3 Å². The van der Waals surface area contributed by atoms with Gasteiger partial charge in [-0.05, 0) is 30.7 Å². The molecule has 1 aliphatic heterocycles. The number of carbonyl (C=O) groups is 1. The molecule has 2 aromatic carbocycles. The van der Waals surface area contributed by atoms with E-state index < -0.39 is 17.2 Å². The number of morpholine rings is 1. The fourth-order valence-corrected chi connectivity index (χ4v) is 4.96. The van der Waals surface area contributed by atoms with Crippen molar-refractivity contribution in [3.63, 3.8) is 0 Å². The molecule has 0 radical (unpaired) electrons. The van der Waals surface area contributed by atoms with Gasteiger partial charge in [0.05, 0.1) is 23.3 Å². The van der Waals surface area contributed by atoms with Gasteiger partial charge in [-0.1, -0.05) is 29.5 Å². The minimum atomic E-state index is -0.504. The summed E-state index contributed by atoms with van der Waals surface area (Å²) in [7, 11) is 0. The van der Waals surface area contributed by atoms with Crippen molar-refractivity contribution >= 4 is 43.6 Å². The second kappa shape index (κ2) is 9.38. The number of hydrogen-bond acceptors (Lipinski definition) is 7. The van der Waals surface area contributed by atoms with Crippen LogP contribution in [0.15, 0.2) is 57.9 Å². The quantitative estimate of drug-likeness (QED) is 0.428. The molecule has 33 heavy (non-hydrogen) atoms. The number of fused-ring (bicyclic) bond motifs is 2. The Morgan fingerprint density at radius 1 is 1.15 bits per heavy atom. The predicted octanol–water partition coefficient (Wildman–Crippen LogP) is 3.91. The summed E-state index contributed by atoms with van der Waals surface area (Å²) in [4.78, 5) is 34.7. The van der Waals surface area contributed by atoms with Gasteiger partial charge in [0.25, 0.3) is 5.91 Å². The van der Waals surface area contributed by atoms with Crippen LogP contribution in [-0.4, -0.2) is 55.2 Å². The van der Waals surface area contributed by atoms with Crippen LogP contribution in [0.5, 0.6) is 0 Å². The smallest absolute Gasteiger partial charge is 0.267 e. The lowest BCUT2D eigenvalue weighted by Gasteiger charge is -2.27. The summed E-state index contributed by atoms with van der Waals surface area (Å²) in [6.07, 6.45) is 1.87. The number of thiazole rings is 1. The number of rotatable bonds is 6. The van der Waals surface area contributed by atoms with Gasteiger partial charge in [0.1, 0.15) is 28.7 Å². The van der Waals surface area contributed by atoms with E-state index in [1.807, 2.05) is 0 Å². The summed E-state index contributed by atoms with van der Waals surface area (Å²) in [6.45, 7) is 4.18. The first kappa shape index (κ1) is 21.7. The van der Waals surface area contributed by atoms with Crippen LogP contribution in [0.3, 0.4) is 0 Å². The summed E-state index contributed by atoms with van der Waals surface area (Å²) in [6, 6.07) is 11.5. The van der Waals surface area contributed by atoms with Gasteiger partial charge in [-0.15, -0.1) is 0 Å². The highest BCUT2D eigenvalue weighted by Gasteiger charge is 2.25. The summed E-state index contributed by atoms with van der Waals surface area (Å²) in [5, 5.41) is 0.696. The number of halogens is 1. The number of anilines is 1. The zero-order chi connectivity index (χ0) is 22.8. The van der Waals surface area contributed by atoms with Crippen molar-refractivity contribution in [2.24, 2.45) is 0 Å². The molecule has 0 saturated carbocycles. The van der Waals surface area contributed by atoms with Gasteiger partial charge < -0.3 is 9.15 Å². The largest absolute Gasteiger partial charge is 0.463 e. The summed E-state index contributed by atoms with van der Waals surface area (Å²) >= 11 is 1.23. The molecule has 2 aromatic heterocycles. The second-order valence-corrected chi connectivity index (χ2v) is 8.83. The average Bonchev–Trinajstić information content (AvgIpc) is 3.28. The number of hydrogen-bond donors (Lipinski definition) is 0. The lowest BCUT2D eigenvalue weighted by Crippen LogP contribution is -2.40. The molecule has 0 unspecified atom stereocenters. The molecule has 1 fully saturated rings. The Morgan fingerprint density at radius 3 is 2.79 bits per heavy atom. The molecule has 0 aliphatic carbocycles. The van der Waals surface area contributed by atoms with Crippen LogP contribution in [-0.2, 0) is 4.74 Å². The lowest BCUT2D eigenvalue weighted by atomic mass is 10.1. The molecule has 0 N–H and O–H groups in total. The number of carbonyl (C=O) groups excluding carboxylic acids is 1. The van der Waals surface area contributed by atoms with Crippen LogP contribution >= 0.6 is 11.3 Å². The lowest BCUT2D eigenvalue weighted by molar-refractivity contribution is 0.0376. The van der Waals surface area contributed by atoms with Crippen LogP contribution in [0.25, 0.3) is 21.2 Å². The Balaban J connectivity index is 1.48. The first-order chi connectivity index (χ1) is 16.1. The maximum absolute atomic E-state index is 14.3. The summed E-state index contributed by atoms with van der Waals surface area (Å²) in [5.41, 5.74) is 0.168. The third kappa shape index (κ3) is 4.39. The molecule has 1 saturated heterocycles. The van der Waals surface area contributed by atoms with E-state index in [9.17, 15) is 14.0 Å². The Kier molecular flexibility index (Phi) is 6.17. The molecular formula is C24H22FN3O4S. The minimum Gasteiger partial charge on any atom is -0.463 e. The summed E-state index contributed by atoms with van der Waals surface area (Å²) in [5.74, 6) is -0.947. The molecule has 0 spiro atoms. The van der Waals surface area contributed by atoms with E-state index in [4.69, 9.17) is 9.15 Å². The SMILES string of the molecule is O=C(c1coc2ccccc2c1=O)N(CCCN1CCOCC1)c1nc2c(F)cccc2s1. The van der Waals surface area contributed by atoms with E-state index in [-0.39, 0.29) is 11.1 Å². The number of amides is 1. The molecule has 0 atom stereocenters. The fourth-order valence-electron chi connectivity index (χ4n) is 3.95. The molecule has 170 valence electrons. The standard InChI is InChI=1S/C24H22FN3O4S/c25-18-6-3-8-20-21(18)26-24(33-20)28(10-4-9-27-11-13-31-14-12-27)23(30)17-15-32-19-7-2-1-5-16(19)22(17)29/h1-3,5-8,15H,4,9-14H2. The first-order valence-corrected chi connectivity index (χ1v) is 11.6. The Labute approximate surface area is 193 Å². The zero-order valence-corrected chi connectivity index (χ0v) is 18.6. The molecule has 4 aromatic rings. The van der Waals surface area contributed by atoms with Crippen LogP contribution in [0.1, 0.15) is 16.8 Å². The minimum absolute atomic E-state index is 0.0696.